The van der Waals surface area contributed by atoms with Gasteiger partial charge in [-0.2, -0.15) is 0 Å². The van der Waals surface area contributed by atoms with Crippen molar-refractivity contribution in [1.82, 2.24) is 19.7 Å². The van der Waals surface area contributed by atoms with Gasteiger partial charge in [0, 0.05) is 31.2 Å². The fourth-order valence-corrected chi connectivity index (χ4v) is 3.68. The molecular weight excluding hydrogens is 314 g/mol. The number of piperidine rings is 1. The number of amides is 1. The van der Waals surface area contributed by atoms with Gasteiger partial charge in [0.15, 0.2) is 0 Å². The first kappa shape index (κ1) is 16.3. The number of anilines is 1. The van der Waals surface area contributed by atoms with Crippen LogP contribution in [0.5, 0.6) is 0 Å². The van der Waals surface area contributed by atoms with Crippen LogP contribution >= 0.6 is 0 Å². The largest absolute Gasteiger partial charge is 0.314 e. The third-order valence-corrected chi connectivity index (χ3v) is 5.29. The highest BCUT2D eigenvalue weighted by molar-refractivity contribution is 5.94. The lowest BCUT2D eigenvalue weighted by Gasteiger charge is -2.33. The fourth-order valence-electron chi connectivity index (χ4n) is 3.68. The van der Waals surface area contributed by atoms with Crippen molar-refractivity contribution < 1.29 is 4.79 Å². The Labute approximate surface area is 148 Å². The Hall–Kier alpha value is -2.21. The van der Waals surface area contributed by atoms with E-state index >= 15 is 0 Å². The Morgan fingerprint density at radius 1 is 1.24 bits per heavy atom. The van der Waals surface area contributed by atoms with E-state index in [1.165, 1.54) is 12.8 Å². The zero-order valence-corrected chi connectivity index (χ0v) is 14.7. The predicted octanol–water partition coefficient (Wildman–Crippen LogP) is 2.46. The van der Waals surface area contributed by atoms with Crippen LogP contribution in [0, 0.1) is 0 Å². The van der Waals surface area contributed by atoms with Crippen LogP contribution in [0.2, 0.25) is 0 Å². The van der Waals surface area contributed by atoms with Crippen molar-refractivity contribution in [3.8, 4) is 0 Å². The normalized spacial score (nSPS) is 21.2. The first-order chi connectivity index (χ1) is 12.2. The standard InChI is InChI=1S/C19H25N5O/c1-22(16-7-3-2-4-8-16)18(25)13-23-11-5-6-15(12-23)19-21-20-14-24(19)17-9-10-17/h2-4,7-8,14-15,17H,5-6,9-13H2,1H3. The monoisotopic (exact) mass is 339 g/mol. The molecule has 1 aliphatic carbocycles. The summed E-state index contributed by atoms with van der Waals surface area (Å²) in [7, 11) is 1.85. The maximum atomic E-state index is 12.6. The number of hydrogen-bond acceptors (Lipinski definition) is 4. The quantitative estimate of drug-likeness (QED) is 0.840. The third kappa shape index (κ3) is 3.58. The number of para-hydroxylation sites is 1. The molecule has 0 N–H and O–H groups in total. The first-order valence-corrected chi connectivity index (χ1v) is 9.15. The number of benzene rings is 1. The van der Waals surface area contributed by atoms with Crippen LogP contribution in [0.15, 0.2) is 36.7 Å². The Kier molecular flexibility index (Phi) is 4.53. The van der Waals surface area contributed by atoms with E-state index in [1.807, 2.05) is 43.7 Å². The summed E-state index contributed by atoms with van der Waals surface area (Å²) in [5.74, 6) is 1.62. The van der Waals surface area contributed by atoms with Crippen LogP contribution in [0.4, 0.5) is 5.69 Å². The van der Waals surface area contributed by atoms with Crippen molar-refractivity contribution in [2.24, 2.45) is 0 Å². The second-order valence-electron chi connectivity index (χ2n) is 7.19. The van der Waals surface area contributed by atoms with Crippen molar-refractivity contribution in [1.29, 1.82) is 0 Å². The Morgan fingerprint density at radius 3 is 2.80 bits per heavy atom. The summed E-state index contributed by atoms with van der Waals surface area (Å²) in [6.07, 6.45) is 6.58. The van der Waals surface area contributed by atoms with Gasteiger partial charge in [-0.1, -0.05) is 18.2 Å². The van der Waals surface area contributed by atoms with Gasteiger partial charge >= 0.3 is 0 Å². The van der Waals surface area contributed by atoms with Gasteiger partial charge in [-0.25, -0.2) is 0 Å². The molecule has 4 rings (SSSR count). The second kappa shape index (κ2) is 6.96. The molecule has 0 spiro atoms. The van der Waals surface area contributed by atoms with Gasteiger partial charge in [0.25, 0.3) is 0 Å². The molecule has 1 saturated heterocycles. The molecule has 1 saturated carbocycles. The zero-order valence-electron chi connectivity index (χ0n) is 14.7. The molecule has 2 aliphatic rings. The van der Waals surface area contributed by atoms with E-state index in [2.05, 4.69) is 19.7 Å². The predicted molar refractivity (Wildman–Crippen MR) is 96.6 cm³/mol. The molecule has 6 heteroatoms. The summed E-state index contributed by atoms with van der Waals surface area (Å²) >= 11 is 0. The lowest BCUT2D eigenvalue weighted by atomic mass is 9.97. The molecule has 0 radical (unpaired) electrons. The van der Waals surface area contributed by atoms with Crippen molar-refractivity contribution in [3.05, 3.63) is 42.5 Å². The van der Waals surface area contributed by atoms with Crippen LogP contribution in [0.1, 0.15) is 43.5 Å². The van der Waals surface area contributed by atoms with E-state index < -0.39 is 0 Å². The number of carbonyl (C=O) groups excluding carboxylic acids is 1. The molecule has 25 heavy (non-hydrogen) atoms. The number of nitrogens with zero attached hydrogens (tertiary/aromatic N) is 5. The highest BCUT2D eigenvalue weighted by Gasteiger charge is 2.32. The average Bonchev–Trinajstić information content (AvgIpc) is 3.38. The SMILES string of the molecule is CN(C(=O)CN1CCCC(c2nncn2C2CC2)C1)c1ccccc1. The van der Waals surface area contributed by atoms with E-state index in [4.69, 9.17) is 0 Å². The van der Waals surface area contributed by atoms with Crippen LogP contribution in [0.3, 0.4) is 0 Å². The van der Waals surface area contributed by atoms with Gasteiger partial charge in [-0.15, -0.1) is 10.2 Å². The number of carbonyl (C=O) groups is 1. The van der Waals surface area contributed by atoms with Crippen molar-refractivity contribution >= 4 is 11.6 Å². The number of likely N-dealkylation sites (N-methyl/N-ethyl adjacent to an activating group) is 1. The van der Waals surface area contributed by atoms with E-state index in [9.17, 15) is 4.79 Å². The Bertz CT molecular complexity index is 724. The molecule has 1 amide bonds. The molecule has 132 valence electrons. The van der Waals surface area contributed by atoms with Gasteiger partial charge in [0.1, 0.15) is 12.2 Å². The minimum atomic E-state index is 0.135. The topological polar surface area (TPSA) is 54.3 Å². The first-order valence-electron chi connectivity index (χ1n) is 9.15. The maximum Gasteiger partial charge on any atom is 0.240 e. The molecule has 2 heterocycles. The van der Waals surface area contributed by atoms with Gasteiger partial charge in [0.2, 0.25) is 5.91 Å². The van der Waals surface area contributed by atoms with E-state index in [-0.39, 0.29) is 5.91 Å². The number of aromatic nitrogens is 3. The summed E-state index contributed by atoms with van der Waals surface area (Å²) in [6, 6.07) is 10.4. The van der Waals surface area contributed by atoms with Crippen molar-refractivity contribution in [2.45, 2.75) is 37.6 Å². The molecule has 1 unspecified atom stereocenters. The molecule has 1 atom stereocenters. The summed E-state index contributed by atoms with van der Waals surface area (Å²) in [4.78, 5) is 16.7. The number of likely N-dealkylation sites (tertiary alicyclic amines) is 1. The summed E-state index contributed by atoms with van der Waals surface area (Å²) in [5, 5.41) is 8.52. The molecule has 1 aliphatic heterocycles. The Balaban J connectivity index is 1.39. The molecule has 2 fully saturated rings. The number of hydrogen-bond donors (Lipinski definition) is 0. The van der Waals surface area contributed by atoms with E-state index in [0.717, 1.165) is 37.4 Å². The highest BCUT2D eigenvalue weighted by atomic mass is 16.2. The van der Waals surface area contributed by atoms with Gasteiger partial charge < -0.3 is 9.47 Å². The van der Waals surface area contributed by atoms with Crippen molar-refractivity contribution in [3.63, 3.8) is 0 Å². The smallest absolute Gasteiger partial charge is 0.240 e. The van der Waals surface area contributed by atoms with Crippen LogP contribution in [-0.2, 0) is 4.79 Å². The van der Waals surface area contributed by atoms with Gasteiger partial charge in [-0.3, -0.25) is 9.69 Å². The van der Waals surface area contributed by atoms with Crippen LogP contribution in [0.25, 0.3) is 0 Å². The second-order valence-corrected chi connectivity index (χ2v) is 7.19. The maximum absolute atomic E-state index is 12.6. The van der Waals surface area contributed by atoms with Gasteiger partial charge in [0.05, 0.1) is 6.54 Å². The zero-order chi connectivity index (χ0) is 17.2. The molecular formula is C19H25N5O. The molecule has 1 aromatic carbocycles. The van der Waals surface area contributed by atoms with Crippen LogP contribution < -0.4 is 4.90 Å². The Morgan fingerprint density at radius 2 is 2.04 bits per heavy atom. The van der Waals surface area contributed by atoms with E-state index in [0.29, 0.717) is 18.5 Å². The van der Waals surface area contributed by atoms with Gasteiger partial charge in [-0.05, 0) is 44.4 Å². The highest BCUT2D eigenvalue weighted by Crippen LogP contribution is 2.38. The number of rotatable bonds is 5. The minimum absolute atomic E-state index is 0.135. The summed E-state index contributed by atoms with van der Waals surface area (Å²) < 4.78 is 2.26. The molecule has 0 bridgehead atoms. The van der Waals surface area contributed by atoms with E-state index in [1.54, 1.807) is 4.90 Å². The summed E-state index contributed by atoms with van der Waals surface area (Å²) in [5.41, 5.74) is 0.939. The minimum Gasteiger partial charge on any atom is -0.314 e. The molecule has 1 aromatic heterocycles. The molecule has 6 nitrogen and oxygen atoms in total. The van der Waals surface area contributed by atoms with Crippen molar-refractivity contribution in [2.75, 3.05) is 31.6 Å². The lowest BCUT2D eigenvalue weighted by Crippen LogP contribution is -2.43. The lowest BCUT2D eigenvalue weighted by molar-refractivity contribution is -0.119. The average molecular weight is 339 g/mol. The summed E-state index contributed by atoms with van der Waals surface area (Å²) in [6.45, 7) is 2.32. The molecule has 2 aromatic rings. The fraction of sp³-hybridized carbons (Fsp3) is 0.526. The third-order valence-electron chi connectivity index (χ3n) is 5.29. The van der Waals surface area contributed by atoms with Crippen LogP contribution in [-0.4, -0.2) is 52.3 Å².